The maximum atomic E-state index is 12.7. The lowest BCUT2D eigenvalue weighted by Crippen LogP contribution is -2.47. The largest absolute Gasteiger partial charge is 0.774 e. The molecule has 376 valence electrons. The molecule has 7 unspecified atom stereocenters. The van der Waals surface area contributed by atoms with E-state index in [0.717, 1.165) is 18.0 Å². The highest BCUT2D eigenvalue weighted by Crippen LogP contribution is 2.62. The van der Waals surface area contributed by atoms with Gasteiger partial charge in [-0.2, -0.15) is 4.98 Å². The second-order valence-electron chi connectivity index (χ2n) is 14.1. The van der Waals surface area contributed by atoms with E-state index in [1.54, 1.807) is 0 Å². The van der Waals surface area contributed by atoms with Gasteiger partial charge in [0.2, 0.25) is 17.7 Å². The van der Waals surface area contributed by atoms with Crippen molar-refractivity contribution in [2.24, 2.45) is 7.05 Å². The van der Waals surface area contributed by atoms with Crippen molar-refractivity contribution in [1.29, 1.82) is 0 Å². The van der Waals surface area contributed by atoms with Crippen LogP contribution in [0.5, 0.6) is 0 Å². The highest BCUT2D eigenvalue weighted by molar-refractivity contribution is 7.70. The third kappa shape index (κ3) is 11.2. The topological polar surface area (TPSA) is 545 Å². The van der Waals surface area contributed by atoms with Crippen LogP contribution in [0.1, 0.15) is 12.5 Å². The zero-order chi connectivity index (χ0) is 49.9. The minimum Gasteiger partial charge on any atom is -0.774 e. The molecule has 5 aromatic rings. The molecule has 13 atom stereocenters. The Morgan fingerprint density at radius 1 is 0.824 bits per heavy atom. The van der Waals surface area contributed by atoms with Gasteiger partial charge in [-0.15, -0.1) is 5.10 Å². The third-order valence-corrected chi connectivity index (χ3v) is 16.5. The molecule has 68 heavy (non-hydrogen) atoms. The zero-order valence-electron chi connectivity index (χ0n) is 34.0. The molecule has 2 fully saturated rings. The lowest BCUT2D eigenvalue weighted by Gasteiger charge is -2.34. The number of aromatic amines is 2. The molecule has 0 saturated carbocycles. The normalized spacial score (nSPS) is 27.7. The minimum atomic E-state index is -6.42. The van der Waals surface area contributed by atoms with Gasteiger partial charge in [-0.1, -0.05) is 10.2 Å². The number of H-pyrrole nitrogens is 2. The number of aromatic nitrogens is 11. The van der Waals surface area contributed by atoms with Crippen LogP contribution in [0.4, 0.5) is 11.9 Å². The summed E-state index contributed by atoms with van der Waals surface area (Å²) >= 11 is 0. The van der Waals surface area contributed by atoms with Crippen LogP contribution in [-0.2, 0) is 77.1 Å². The van der Waals surface area contributed by atoms with Gasteiger partial charge in [-0.25, -0.2) is 22.9 Å². The van der Waals surface area contributed by atoms with Crippen LogP contribution < -0.4 is 57.1 Å². The average molecular weight is 1070 g/mol. The number of nitrogens with one attached hydrogen (secondary N) is 2. The number of nitrogen functional groups attached to an aromatic ring is 2. The molecule has 9 N–H and O–H groups in total. The van der Waals surface area contributed by atoms with Crippen LogP contribution in [0.15, 0.2) is 28.4 Å². The molecule has 0 amide bonds. The highest BCUT2D eigenvalue weighted by Gasteiger charge is 2.49. The first-order chi connectivity index (χ1) is 31.6. The first kappa shape index (κ1) is 51.8. The van der Waals surface area contributed by atoms with Crippen LogP contribution in [0.3, 0.4) is 0 Å². The number of anilines is 2. The van der Waals surface area contributed by atoms with E-state index in [9.17, 15) is 72.2 Å². The summed E-state index contributed by atoms with van der Waals surface area (Å²) in [5.41, 5.74) is 8.10. The SMILES string of the molecule is COC1[C@@H](O)[C@@H](COP(=O)([O-])OP(=O)([O-])OP(=O)([O-])c2cn(CCOP(=O)([O-])OP(=O)([O-])OC[C@H]3O[C@@H](n4cnc5c(=O)[nH]c(N)nc54)[C@@H](O)C3O)nn2)O[C@H]1[n+]1cn(C)c2c(=O)[nH]c(N)nc21. The predicted octanol–water partition coefficient (Wildman–Crippen LogP) is -7.82. The van der Waals surface area contributed by atoms with E-state index in [4.69, 9.17) is 25.7 Å². The highest BCUT2D eigenvalue weighted by atomic mass is 31.3. The number of aliphatic hydroxyl groups is 3. The fourth-order valence-corrected chi connectivity index (χ4v) is 12.3. The Balaban J connectivity index is 0.878. The maximum Gasteiger partial charge on any atom is 0.313 e. The van der Waals surface area contributed by atoms with Crippen LogP contribution in [0, 0.1) is 0 Å². The van der Waals surface area contributed by atoms with Crippen LogP contribution in [0.25, 0.3) is 22.3 Å². The Morgan fingerprint density at radius 3 is 2.09 bits per heavy atom. The molecule has 7 heterocycles. The van der Waals surface area contributed by atoms with Crippen molar-refractivity contribution >= 4 is 78.5 Å². The van der Waals surface area contributed by atoms with Gasteiger partial charge in [0.15, 0.2) is 36.7 Å². The lowest BCUT2D eigenvalue weighted by atomic mass is 10.1. The molecule has 7 rings (SSSR count). The van der Waals surface area contributed by atoms with E-state index < -0.39 is 131 Å². The summed E-state index contributed by atoms with van der Waals surface area (Å²) in [7, 11) is -27.5. The first-order valence-electron chi connectivity index (χ1n) is 18.5. The van der Waals surface area contributed by atoms with Crippen molar-refractivity contribution < 1.29 is 108 Å². The Labute approximate surface area is 375 Å². The monoisotopic (exact) mass is 1070 g/mol. The van der Waals surface area contributed by atoms with Crippen molar-refractivity contribution in [2.45, 2.75) is 55.6 Å². The van der Waals surface area contributed by atoms with E-state index >= 15 is 0 Å². The molecule has 2 saturated heterocycles. The molecular weight excluding hydrogens is 1030 g/mol. The number of hydrogen-bond donors (Lipinski definition) is 7. The summed E-state index contributed by atoms with van der Waals surface area (Å²) in [6, 6.07) is 0. The fraction of sp³-hybridized carbons (Fsp3) is 0.538. The Hall–Kier alpha value is -4.09. The Kier molecular flexibility index (Phi) is 14.7. The van der Waals surface area contributed by atoms with Crippen LogP contribution >= 0.6 is 38.9 Å². The summed E-state index contributed by atoms with van der Waals surface area (Å²) in [5.74, 6) is -0.616. The predicted molar refractivity (Wildman–Crippen MR) is 204 cm³/mol. The number of methoxy groups -OCH3 is 1. The molecule has 0 bridgehead atoms. The number of hydrogen-bond acceptors (Lipinski definition) is 31. The number of aryl methyl sites for hydroxylation is 1. The Bertz CT molecular complexity index is 3070. The van der Waals surface area contributed by atoms with E-state index in [2.05, 4.69) is 61.7 Å². The first-order valence-corrected chi connectivity index (χ1v) is 25.9. The van der Waals surface area contributed by atoms with Gasteiger partial charge in [0, 0.05) is 7.11 Å². The molecule has 37 nitrogen and oxygen atoms in total. The maximum absolute atomic E-state index is 12.7. The number of nitrogens with two attached hydrogens (primary N) is 2. The van der Waals surface area contributed by atoms with Gasteiger partial charge >= 0.3 is 5.65 Å². The van der Waals surface area contributed by atoms with Crippen molar-refractivity contribution in [3.05, 3.63) is 39.6 Å². The third-order valence-electron chi connectivity index (χ3n) is 9.49. The summed E-state index contributed by atoms with van der Waals surface area (Å²) in [6.07, 6.45) is -9.90. The Morgan fingerprint density at radius 2 is 1.43 bits per heavy atom. The molecule has 0 aromatic carbocycles. The molecule has 0 radical (unpaired) electrons. The standard InChI is InChI=1S/C26H38N13O24P5/c1-36-9-39(20-14(36)22(44)33-26(28)31-20)24-18(55-2)16(41)11(60-24)7-58-67(51,52)63-68(53,54)61-64(45,46)12-5-37(35-34-12)3-4-56-65(47,48)62-66(49,50)57-6-10-15(40)17(42)23(59-10)38-8-29-13-19(38)30-25(27)32-21(13)43/h5,8-11,15-18,23-24,40-42H,3-4,6-7H2,1-2H3,(H10-,27,28,30,31,32,33,43,44,45,46,47,48,49,50,51,52,53,54)/p-4/t10-,11-,15?,16+,17+,18?,23-,24-/m1/s1. The molecule has 2 aliphatic rings. The fourth-order valence-electron chi connectivity index (χ4n) is 6.62. The van der Waals surface area contributed by atoms with Gasteiger partial charge in [-0.3, -0.25) is 51.3 Å². The number of phosphoric ester groups is 3. The number of rotatable bonds is 20. The van der Waals surface area contributed by atoms with Crippen molar-refractivity contribution in [3.63, 3.8) is 0 Å². The van der Waals surface area contributed by atoms with Gasteiger partial charge in [0.1, 0.15) is 36.6 Å². The number of nitrogens with zero attached hydrogens (tertiary/aromatic N) is 9. The molecule has 5 aromatic heterocycles. The number of ether oxygens (including phenoxy) is 3. The summed E-state index contributed by atoms with van der Waals surface area (Å²) in [6.45, 7) is -4.10. The summed E-state index contributed by atoms with van der Waals surface area (Å²) in [4.78, 5) is 103. The summed E-state index contributed by atoms with van der Waals surface area (Å²) < 4.78 is 108. The molecule has 0 spiro atoms. The minimum absolute atomic E-state index is 0.0201. The van der Waals surface area contributed by atoms with E-state index in [0.29, 0.717) is 10.9 Å². The zero-order valence-corrected chi connectivity index (χ0v) is 38.5. The van der Waals surface area contributed by atoms with Gasteiger partial charge in [0.05, 0.1) is 45.9 Å². The molecule has 2 aliphatic heterocycles. The van der Waals surface area contributed by atoms with Crippen LogP contribution in [0.2, 0.25) is 0 Å². The smallest absolute Gasteiger partial charge is 0.313 e. The summed E-state index contributed by atoms with van der Waals surface area (Å²) in [5, 5.41) is 38.2. The second-order valence-corrected chi connectivity index (χ2v) is 21.9. The van der Waals surface area contributed by atoms with Gasteiger partial charge in [0.25, 0.3) is 48.4 Å². The van der Waals surface area contributed by atoms with E-state index in [1.807, 2.05) is 0 Å². The molecule has 0 aliphatic carbocycles. The van der Waals surface area contributed by atoms with Crippen molar-refractivity contribution in [3.8, 4) is 0 Å². The van der Waals surface area contributed by atoms with Crippen molar-refractivity contribution in [2.75, 3.05) is 38.4 Å². The van der Waals surface area contributed by atoms with Crippen LogP contribution in [-0.4, -0.2) is 128 Å². The number of phosphoric acid groups is 4. The van der Waals surface area contributed by atoms with Gasteiger partial charge in [-0.05, 0) is 0 Å². The number of aliphatic hydroxyl groups excluding tert-OH is 3. The van der Waals surface area contributed by atoms with Crippen molar-refractivity contribution in [1.82, 2.24) is 49.0 Å². The quantitative estimate of drug-likeness (QED) is 0.0281. The second kappa shape index (κ2) is 19.3. The van der Waals surface area contributed by atoms with Gasteiger partial charge < -0.3 is 83.6 Å². The van der Waals surface area contributed by atoms with E-state index in [-0.39, 0.29) is 34.2 Å². The number of fused-ring (bicyclic) bond motifs is 2. The lowest BCUT2D eigenvalue weighted by molar-refractivity contribution is -0.746. The average Bonchev–Trinajstić information content (AvgIpc) is 4.03. The van der Waals surface area contributed by atoms with E-state index in [1.165, 1.54) is 22.5 Å². The number of imidazole rings is 2. The molecule has 42 heteroatoms. The molecular formula is C26H34N13O24P5-4.